The second kappa shape index (κ2) is 8.19. The number of carbonyl (C=O) groups excluding carboxylic acids is 2. The van der Waals surface area contributed by atoms with Gasteiger partial charge < -0.3 is 15.0 Å². The molecule has 1 aromatic rings. The third kappa shape index (κ3) is 3.66. The minimum Gasteiger partial charge on any atom is -0.380 e. The molecule has 1 saturated carbocycles. The molecule has 3 aliphatic rings. The molecule has 3 heterocycles. The minimum atomic E-state index is -0.597. The summed E-state index contributed by atoms with van der Waals surface area (Å²) in [5, 5.41) is 13.4. The highest BCUT2D eigenvalue weighted by Gasteiger charge is 2.57. The van der Waals surface area contributed by atoms with Crippen LogP contribution >= 0.6 is 0 Å². The summed E-state index contributed by atoms with van der Waals surface area (Å²) < 4.78 is 5.66. The second-order valence-electron chi connectivity index (χ2n) is 8.68. The van der Waals surface area contributed by atoms with Gasteiger partial charge in [-0.3, -0.25) is 9.59 Å². The molecular formula is C20H31N5O3. The normalized spacial score (nSPS) is 32.3. The van der Waals surface area contributed by atoms with Gasteiger partial charge in [0, 0.05) is 37.9 Å². The summed E-state index contributed by atoms with van der Waals surface area (Å²) in [4.78, 5) is 28.1. The molecule has 3 fully saturated rings. The summed E-state index contributed by atoms with van der Waals surface area (Å²) in [5.41, 5.74) is 0.225. The van der Waals surface area contributed by atoms with E-state index in [1.54, 1.807) is 6.20 Å². The van der Waals surface area contributed by atoms with Crippen molar-refractivity contribution in [1.29, 1.82) is 0 Å². The van der Waals surface area contributed by atoms with Gasteiger partial charge in [0.05, 0.1) is 30.5 Å². The van der Waals surface area contributed by atoms with E-state index in [4.69, 9.17) is 4.74 Å². The fourth-order valence-electron chi connectivity index (χ4n) is 5.13. The number of carbonyl (C=O) groups is 2. The first-order chi connectivity index (χ1) is 13.6. The second-order valence-corrected chi connectivity index (χ2v) is 8.68. The zero-order chi connectivity index (χ0) is 19.6. The number of aromatic nitrogens is 3. The maximum Gasteiger partial charge on any atom is 0.230 e. The van der Waals surface area contributed by atoms with Crippen LogP contribution in [0.2, 0.25) is 0 Å². The average Bonchev–Trinajstić information content (AvgIpc) is 3.43. The molecule has 0 aromatic carbocycles. The molecule has 154 valence electrons. The van der Waals surface area contributed by atoms with Crippen LogP contribution in [0.15, 0.2) is 6.20 Å². The molecule has 1 aromatic heterocycles. The highest BCUT2D eigenvalue weighted by atomic mass is 16.5. The molecule has 8 nitrogen and oxygen atoms in total. The lowest BCUT2D eigenvalue weighted by Crippen LogP contribution is -2.48. The SMILES string of the molecule is CCC1CCC(C(=O)N2C[C@@H]3COC[C@]3(C(=O)NCCc3cn[nH]n3)C2)CC1. The maximum atomic E-state index is 13.1. The number of aromatic amines is 1. The Morgan fingerprint density at radius 1 is 1.36 bits per heavy atom. The van der Waals surface area contributed by atoms with Gasteiger partial charge in [-0.25, -0.2) is 0 Å². The summed E-state index contributed by atoms with van der Waals surface area (Å²) >= 11 is 0. The largest absolute Gasteiger partial charge is 0.380 e. The number of rotatable bonds is 6. The summed E-state index contributed by atoms with van der Waals surface area (Å²) in [6.07, 6.45) is 7.80. The lowest BCUT2D eigenvalue weighted by molar-refractivity contribution is -0.137. The van der Waals surface area contributed by atoms with Gasteiger partial charge >= 0.3 is 0 Å². The van der Waals surface area contributed by atoms with E-state index >= 15 is 0 Å². The van der Waals surface area contributed by atoms with Crippen LogP contribution in [0.3, 0.4) is 0 Å². The Morgan fingerprint density at radius 2 is 2.18 bits per heavy atom. The molecule has 2 amide bonds. The number of ether oxygens (including phenoxy) is 1. The van der Waals surface area contributed by atoms with Crippen LogP contribution in [0.1, 0.15) is 44.7 Å². The fraction of sp³-hybridized carbons (Fsp3) is 0.800. The molecule has 2 saturated heterocycles. The monoisotopic (exact) mass is 389 g/mol. The Morgan fingerprint density at radius 3 is 2.89 bits per heavy atom. The van der Waals surface area contributed by atoms with Gasteiger partial charge in [0.2, 0.25) is 11.8 Å². The first-order valence-electron chi connectivity index (χ1n) is 10.6. The number of hydrogen-bond acceptors (Lipinski definition) is 5. The number of fused-ring (bicyclic) bond motifs is 1. The predicted octanol–water partition coefficient (Wildman–Crippen LogP) is 1.15. The molecular weight excluding hydrogens is 358 g/mol. The Hall–Kier alpha value is -1.96. The van der Waals surface area contributed by atoms with Crippen molar-refractivity contribution in [1.82, 2.24) is 25.6 Å². The lowest BCUT2D eigenvalue weighted by atomic mass is 9.79. The van der Waals surface area contributed by atoms with Gasteiger partial charge in [-0.2, -0.15) is 15.4 Å². The molecule has 0 radical (unpaired) electrons. The van der Waals surface area contributed by atoms with E-state index in [0.717, 1.165) is 37.3 Å². The summed E-state index contributed by atoms with van der Waals surface area (Å²) in [7, 11) is 0. The van der Waals surface area contributed by atoms with E-state index in [1.165, 1.54) is 6.42 Å². The smallest absolute Gasteiger partial charge is 0.230 e. The van der Waals surface area contributed by atoms with E-state index in [1.807, 2.05) is 4.90 Å². The van der Waals surface area contributed by atoms with Crippen molar-refractivity contribution in [3.8, 4) is 0 Å². The van der Waals surface area contributed by atoms with Crippen molar-refractivity contribution in [2.24, 2.45) is 23.2 Å². The van der Waals surface area contributed by atoms with E-state index in [-0.39, 0.29) is 23.7 Å². The molecule has 2 aliphatic heterocycles. The number of nitrogens with one attached hydrogen (secondary N) is 2. The lowest BCUT2D eigenvalue weighted by Gasteiger charge is -2.31. The van der Waals surface area contributed by atoms with Crippen molar-refractivity contribution in [3.05, 3.63) is 11.9 Å². The molecule has 0 spiro atoms. The van der Waals surface area contributed by atoms with Crippen molar-refractivity contribution < 1.29 is 14.3 Å². The quantitative estimate of drug-likeness (QED) is 0.760. The van der Waals surface area contributed by atoms with E-state index in [9.17, 15) is 9.59 Å². The van der Waals surface area contributed by atoms with Crippen molar-refractivity contribution >= 4 is 11.8 Å². The standard InChI is InChI=1S/C20H31N5O3/c1-2-14-3-5-15(6-4-14)18(26)25-10-16-11-28-13-20(16,12-25)19(27)21-8-7-17-9-22-24-23-17/h9,14-16H,2-8,10-13H2,1H3,(H,21,27)(H,22,23,24)/t14?,15?,16-,20-/m1/s1. The van der Waals surface area contributed by atoms with Gasteiger partial charge in [-0.15, -0.1) is 0 Å². The first-order valence-corrected chi connectivity index (χ1v) is 10.6. The zero-order valence-corrected chi connectivity index (χ0v) is 16.7. The minimum absolute atomic E-state index is 0.00323. The van der Waals surface area contributed by atoms with Gasteiger partial charge in [-0.1, -0.05) is 13.3 Å². The molecule has 1 aliphatic carbocycles. The summed E-state index contributed by atoms with van der Waals surface area (Å²) in [5.74, 6) is 1.25. The number of H-pyrrole nitrogens is 1. The summed E-state index contributed by atoms with van der Waals surface area (Å²) in [6, 6.07) is 0. The van der Waals surface area contributed by atoms with Crippen LogP contribution in [0, 0.1) is 23.2 Å². The maximum absolute atomic E-state index is 13.1. The third-order valence-electron chi connectivity index (χ3n) is 7.04. The zero-order valence-electron chi connectivity index (χ0n) is 16.7. The van der Waals surface area contributed by atoms with Crippen LogP contribution < -0.4 is 5.32 Å². The third-order valence-corrected chi connectivity index (χ3v) is 7.04. The molecule has 28 heavy (non-hydrogen) atoms. The molecule has 2 N–H and O–H groups in total. The van der Waals surface area contributed by atoms with Crippen LogP contribution in [0.5, 0.6) is 0 Å². The summed E-state index contributed by atoms with van der Waals surface area (Å²) in [6.45, 7) is 4.83. The van der Waals surface area contributed by atoms with Gasteiger partial charge in [0.1, 0.15) is 0 Å². The van der Waals surface area contributed by atoms with Gasteiger partial charge in [0.25, 0.3) is 0 Å². The Balaban J connectivity index is 1.34. The number of likely N-dealkylation sites (tertiary alicyclic amines) is 1. The van der Waals surface area contributed by atoms with Crippen molar-refractivity contribution in [2.75, 3.05) is 32.8 Å². The van der Waals surface area contributed by atoms with Crippen LogP contribution in [-0.2, 0) is 20.7 Å². The molecule has 8 heteroatoms. The molecule has 0 unspecified atom stereocenters. The predicted molar refractivity (Wildman–Crippen MR) is 102 cm³/mol. The molecule has 4 rings (SSSR count). The van der Waals surface area contributed by atoms with Crippen molar-refractivity contribution in [2.45, 2.75) is 45.4 Å². The average molecular weight is 390 g/mol. The number of nitrogens with zero attached hydrogens (tertiary/aromatic N) is 3. The Kier molecular flexibility index (Phi) is 5.66. The molecule has 0 bridgehead atoms. The topological polar surface area (TPSA) is 100 Å². The number of amides is 2. The van der Waals surface area contributed by atoms with E-state index in [2.05, 4.69) is 27.7 Å². The Labute approximate surface area is 165 Å². The molecule has 2 atom stereocenters. The van der Waals surface area contributed by atoms with E-state index < -0.39 is 5.41 Å². The Bertz CT molecular complexity index is 686. The van der Waals surface area contributed by atoms with Crippen LogP contribution in [0.4, 0.5) is 0 Å². The first kappa shape index (κ1) is 19.4. The van der Waals surface area contributed by atoms with Crippen LogP contribution in [0.25, 0.3) is 0 Å². The van der Waals surface area contributed by atoms with E-state index in [0.29, 0.717) is 39.3 Å². The van der Waals surface area contributed by atoms with Crippen molar-refractivity contribution in [3.63, 3.8) is 0 Å². The van der Waals surface area contributed by atoms with Gasteiger partial charge in [-0.05, 0) is 31.6 Å². The highest BCUT2D eigenvalue weighted by Crippen LogP contribution is 2.43. The van der Waals surface area contributed by atoms with Crippen LogP contribution in [-0.4, -0.2) is 65.0 Å². The van der Waals surface area contributed by atoms with Gasteiger partial charge in [0.15, 0.2) is 0 Å². The fourth-order valence-corrected chi connectivity index (χ4v) is 5.13. The highest BCUT2D eigenvalue weighted by molar-refractivity contribution is 5.87. The number of hydrogen-bond donors (Lipinski definition) is 2.